The van der Waals surface area contributed by atoms with Crippen molar-refractivity contribution in [1.82, 2.24) is 0 Å². The van der Waals surface area contributed by atoms with E-state index in [1.54, 1.807) is 17.4 Å². The number of primary amides is 1. The highest BCUT2D eigenvalue weighted by Gasteiger charge is 2.12. The summed E-state index contributed by atoms with van der Waals surface area (Å²) in [6, 6.07) is 11.8. The molecule has 1 amide bonds. The van der Waals surface area contributed by atoms with Crippen LogP contribution in [0.2, 0.25) is 0 Å². The molecule has 1 heterocycles. The summed E-state index contributed by atoms with van der Waals surface area (Å²) in [6.45, 7) is 0. The SMILES string of the molecule is NC(=O)c1cc(Br)sc1Cc1ccccc1. The van der Waals surface area contributed by atoms with Crippen LogP contribution < -0.4 is 5.73 Å². The summed E-state index contributed by atoms with van der Waals surface area (Å²) in [4.78, 5) is 12.2. The molecule has 0 spiro atoms. The maximum absolute atomic E-state index is 11.2. The number of hydrogen-bond donors (Lipinski definition) is 1. The van der Waals surface area contributed by atoms with E-state index < -0.39 is 0 Å². The lowest BCUT2D eigenvalue weighted by Gasteiger charge is -2.00. The van der Waals surface area contributed by atoms with Crippen LogP contribution in [0, 0.1) is 0 Å². The van der Waals surface area contributed by atoms with Crippen LogP contribution >= 0.6 is 27.3 Å². The zero-order chi connectivity index (χ0) is 11.5. The van der Waals surface area contributed by atoms with Crippen LogP contribution in [0.4, 0.5) is 0 Å². The number of amides is 1. The van der Waals surface area contributed by atoms with E-state index in [1.807, 2.05) is 30.3 Å². The number of rotatable bonds is 3. The van der Waals surface area contributed by atoms with Gasteiger partial charge in [-0.05, 0) is 27.6 Å². The molecule has 0 saturated carbocycles. The fraction of sp³-hybridized carbons (Fsp3) is 0.0833. The third kappa shape index (κ3) is 2.51. The van der Waals surface area contributed by atoms with Crippen LogP contribution in [0.3, 0.4) is 0 Å². The van der Waals surface area contributed by atoms with Gasteiger partial charge in [-0.15, -0.1) is 11.3 Å². The third-order valence-corrected chi connectivity index (χ3v) is 3.89. The zero-order valence-electron chi connectivity index (χ0n) is 8.44. The van der Waals surface area contributed by atoms with Crippen molar-refractivity contribution in [3.05, 3.63) is 56.2 Å². The van der Waals surface area contributed by atoms with Crippen LogP contribution in [0.5, 0.6) is 0 Å². The van der Waals surface area contributed by atoms with Gasteiger partial charge in [-0.3, -0.25) is 4.79 Å². The van der Waals surface area contributed by atoms with Gasteiger partial charge in [-0.1, -0.05) is 30.3 Å². The number of carbonyl (C=O) groups excluding carboxylic acids is 1. The molecule has 0 saturated heterocycles. The molecule has 0 aliphatic carbocycles. The van der Waals surface area contributed by atoms with E-state index in [0.29, 0.717) is 5.56 Å². The van der Waals surface area contributed by atoms with Crippen molar-refractivity contribution in [2.75, 3.05) is 0 Å². The second-order valence-corrected chi connectivity index (χ2v) is 5.93. The first-order valence-corrected chi connectivity index (χ1v) is 6.39. The summed E-state index contributed by atoms with van der Waals surface area (Å²) >= 11 is 4.93. The molecule has 2 rings (SSSR count). The quantitative estimate of drug-likeness (QED) is 0.928. The molecule has 0 atom stereocenters. The van der Waals surface area contributed by atoms with Gasteiger partial charge in [0, 0.05) is 11.3 Å². The number of halogens is 1. The molecule has 2 aromatic rings. The molecule has 0 aliphatic rings. The fourth-order valence-electron chi connectivity index (χ4n) is 1.52. The molecule has 2 nitrogen and oxygen atoms in total. The summed E-state index contributed by atoms with van der Waals surface area (Å²) < 4.78 is 0.937. The van der Waals surface area contributed by atoms with Crippen LogP contribution in [0.25, 0.3) is 0 Å². The minimum absolute atomic E-state index is 0.368. The maximum Gasteiger partial charge on any atom is 0.249 e. The van der Waals surface area contributed by atoms with Gasteiger partial charge in [0.15, 0.2) is 0 Å². The Morgan fingerprint density at radius 2 is 2.00 bits per heavy atom. The first-order chi connectivity index (χ1) is 7.66. The molecule has 0 fully saturated rings. The van der Waals surface area contributed by atoms with E-state index in [1.165, 1.54) is 5.56 Å². The Morgan fingerprint density at radius 1 is 1.31 bits per heavy atom. The van der Waals surface area contributed by atoms with Crippen molar-refractivity contribution in [3.8, 4) is 0 Å². The van der Waals surface area contributed by atoms with Gasteiger partial charge in [-0.25, -0.2) is 0 Å². The van der Waals surface area contributed by atoms with E-state index in [0.717, 1.165) is 15.1 Å². The highest BCUT2D eigenvalue weighted by molar-refractivity contribution is 9.11. The lowest BCUT2D eigenvalue weighted by atomic mass is 10.1. The van der Waals surface area contributed by atoms with Gasteiger partial charge in [0.05, 0.1) is 9.35 Å². The zero-order valence-corrected chi connectivity index (χ0v) is 10.8. The Balaban J connectivity index is 2.31. The molecular weight excluding hydrogens is 286 g/mol. The molecule has 0 bridgehead atoms. The van der Waals surface area contributed by atoms with E-state index in [9.17, 15) is 4.79 Å². The predicted molar refractivity (Wildman–Crippen MR) is 69.8 cm³/mol. The smallest absolute Gasteiger partial charge is 0.249 e. The average molecular weight is 296 g/mol. The second kappa shape index (κ2) is 4.80. The first-order valence-electron chi connectivity index (χ1n) is 4.79. The minimum atomic E-state index is -0.368. The minimum Gasteiger partial charge on any atom is -0.366 e. The van der Waals surface area contributed by atoms with Crippen molar-refractivity contribution in [2.45, 2.75) is 6.42 Å². The maximum atomic E-state index is 11.2. The van der Waals surface area contributed by atoms with E-state index in [4.69, 9.17) is 5.73 Å². The number of nitrogens with two attached hydrogens (primary N) is 1. The van der Waals surface area contributed by atoms with Crippen molar-refractivity contribution < 1.29 is 4.79 Å². The molecule has 4 heteroatoms. The van der Waals surface area contributed by atoms with Gasteiger partial charge in [0.2, 0.25) is 5.91 Å². The standard InChI is InChI=1S/C12H10BrNOS/c13-11-7-9(12(14)15)10(16-11)6-8-4-2-1-3-5-8/h1-5,7H,6H2,(H2,14,15). The molecule has 1 aromatic carbocycles. The number of benzene rings is 1. The first kappa shape index (κ1) is 11.4. The summed E-state index contributed by atoms with van der Waals surface area (Å²) in [6.07, 6.45) is 0.745. The highest BCUT2D eigenvalue weighted by Crippen LogP contribution is 2.28. The Kier molecular flexibility index (Phi) is 3.41. The molecule has 16 heavy (non-hydrogen) atoms. The molecule has 1 aromatic heterocycles. The van der Waals surface area contributed by atoms with Crippen LogP contribution in [0.15, 0.2) is 40.2 Å². The van der Waals surface area contributed by atoms with Gasteiger partial charge >= 0.3 is 0 Å². The average Bonchev–Trinajstić information content (AvgIpc) is 2.61. The normalized spacial score (nSPS) is 10.3. The van der Waals surface area contributed by atoms with Crippen LogP contribution in [0.1, 0.15) is 20.8 Å². The Morgan fingerprint density at radius 3 is 2.62 bits per heavy atom. The Bertz CT molecular complexity index is 507. The molecule has 82 valence electrons. The summed E-state index contributed by atoms with van der Waals surface area (Å²) in [7, 11) is 0. The van der Waals surface area contributed by atoms with E-state index in [-0.39, 0.29) is 5.91 Å². The number of carbonyl (C=O) groups is 1. The fourth-order valence-corrected chi connectivity index (χ4v) is 3.25. The molecule has 0 radical (unpaired) electrons. The lowest BCUT2D eigenvalue weighted by Crippen LogP contribution is -2.11. The van der Waals surface area contributed by atoms with Crippen molar-refractivity contribution in [3.63, 3.8) is 0 Å². The topological polar surface area (TPSA) is 43.1 Å². The molecule has 0 aliphatic heterocycles. The third-order valence-electron chi connectivity index (χ3n) is 2.25. The van der Waals surface area contributed by atoms with Gasteiger partial charge in [0.1, 0.15) is 0 Å². The van der Waals surface area contributed by atoms with Crippen molar-refractivity contribution >= 4 is 33.2 Å². The van der Waals surface area contributed by atoms with Gasteiger partial charge in [0.25, 0.3) is 0 Å². The van der Waals surface area contributed by atoms with Crippen molar-refractivity contribution in [2.24, 2.45) is 5.73 Å². The second-order valence-electron chi connectivity index (χ2n) is 3.41. The van der Waals surface area contributed by atoms with Gasteiger partial charge < -0.3 is 5.73 Å². The Hall–Kier alpha value is -1.13. The summed E-state index contributed by atoms with van der Waals surface area (Å²) in [5.74, 6) is -0.368. The largest absolute Gasteiger partial charge is 0.366 e. The molecular formula is C12H10BrNOS. The van der Waals surface area contributed by atoms with Gasteiger partial charge in [-0.2, -0.15) is 0 Å². The molecule has 2 N–H and O–H groups in total. The number of thiophene rings is 1. The predicted octanol–water partition coefficient (Wildman–Crippen LogP) is 3.20. The summed E-state index contributed by atoms with van der Waals surface area (Å²) in [5, 5.41) is 0. The number of hydrogen-bond acceptors (Lipinski definition) is 2. The highest BCUT2D eigenvalue weighted by atomic mass is 79.9. The molecule has 0 unspecified atom stereocenters. The van der Waals surface area contributed by atoms with E-state index >= 15 is 0 Å². The van der Waals surface area contributed by atoms with Crippen LogP contribution in [-0.4, -0.2) is 5.91 Å². The van der Waals surface area contributed by atoms with Crippen LogP contribution in [-0.2, 0) is 6.42 Å². The monoisotopic (exact) mass is 295 g/mol. The van der Waals surface area contributed by atoms with E-state index in [2.05, 4.69) is 15.9 Å². The van der Waals surface area contributed by atoms with Crippen molar-refractivity contribution in [1.29, 1.82) is 0 Å². The Labute approximate surface area is 106 Å². The summed E-state index contributed by atoms with van der Waals surface area (Å²) in [5.41, 5.74) is 7.12. The lowest BCUT2D eigenvalue weighted by molar-refractivity contribution is 0.1000.